The number of aromatic nitrogens is 2. The van der Waals surface area contributed by atoms with Crippen molar-refractivity contribution in [3.05, 3.63) is 106 Å². The molecule has 0 fully saturated rings. The maximum Gasteiger partial charge on any atom is 0.328 e. The van der Waals surface area contributed by atoms with E-state index >= 15 is 0 Å². The third-order valence-corrected chi connectivity index (χ3v) is 5.57. The van der Waals surface area contributed by atoms with Crippen molar-refractivity contribution in [3.8, 4) is 0 Å². The minimum absolute atomic E-state index is 0.352. The molecule has 0 saturated heterocycles. The van der Waals surface area contributed by atoms with E-state index in [2.05, 4.69) is 16.3 Å². The van der Waals surface area contributed by atoms with Crippen molar-refractivity contribution in [2.75, 3.05) is 0 Å². The van der Waals surface area contributed by atoms with E-state index in [0.717, 1.165) is 50.4 Å². The average Bonchev–Trinajstić information content (AvgIpc) is 3.25. The van der Waals surface area contributed by atoms with Crippen LogP contribution in [0.2, 0.25) is 5.02 Å². The number of carbonyl (C=O) groups is 1. The zero-order valence-electron chi connectivity index (χ0n) is 17.3. The Balaban J connectivity index is 1.93. The summed E-state index contributed by atoms with van der Waals surface area (Å²) in [5.74, 6) is -1.38. The molecule has 0 aliphatic heterocycles. The molecule has 0 radical (unpaired) electrons. The molecular weight excluding hydrogens is 427 g/mol. The van der Waals surface area contributed by atoms with Crippen LogP contribution in [-0.2, 0) is 4.79 Å². The lowest BCUT2D eigenvalue weighted by molar-refractivity contribution is -0.131. The number of nitrogens with zero attached hydrogens (tertiary/aromatic N) is 1. The van der Waals surface area contributed by atoms with Gasteiger partial charge in [-0.1, -0.05) is 54.9 Å². The summed E-state index contributed by atoms with van der Waals surface area (Å²) in [4.78, 5) is 10.8. The molecule has 160 valence electrons. The maximum absolute atomic E-state index is 13.7. The van der Waals surface area contributed by atoms with Crippen LogP contribution in [0.3, 0.4) is 0 Å². The van der Waals surface area contributed by atoms with Crippen molar-refractivity contribution in [1.29, 1.82) is 0 Å². The van der Waals surface area contributed by atoms with Gasteiger partial charge in [0.1, 0.15) is 5.82 Å². The number of fused-ring (bicyclic) bond motifs is 1. The first-order valence-corrected chi connectivity index (χ1v) is 10.5. The number of benzene rings is 3. The van der Waals surface area contributed by atoms with Gasteiger partial charge in [0.2, 0.25) is 0 Å². The third kappa shape index (κ3) is 4.48. The molecule has 0 aliphatic rings. The normalized spacial score (nSPS) is 12.3. The van der Waals surface area contributed by atoms with Crippen molar-refractivity contribution >= 4 is 45.7 Å². The highest BCUT2D eigenvalue weighted by atomic mass is 35.5. The summed E-state index contributed by atoms with van der Waals surface area (Å²) in [6.45, 7) is 2.04. The molecule has 1 aromatic heterocycles. The van der Waals surface area contributed by atoms with Gasteiger partial charge in [-0.3, -0.25) is 5.10 Å². The van der Waals surface area contributed by atoms with Crippen LogP contribution in [0.1, 0.15) is 35.6 Å². The molecule has 32 heavy (non-hydrogen) atoms. The molecule has 4 nitrogen and oxygen atoms in total. The predicted molar refractivity (Wildman–Crippen MR) is 127 cm³/mol. The molecule has 0 unspecified atom stereocenters. The van der Waals surface area contributed by atoms with Crippen molar-refractivity contribution in [2.45, 2.75) is 13.3 Å². The molecule has 0 saturated carbocycles. The second kappa shape index (κ2) is 9.20. The summed E-state index contributed by atoms with van der Waals surface area (Å²) in [6, 6.07) is 18.1. The minimum atomic E-state index is -0.998. The molecule has 0 spiro atoms. The van der Waals surface area contributed by atoms with Crippen molar-refractivity contribution in [1.82, 2.24) is 10.2 Å². The SMILES string of the molecule is CC/C(=C(/c1ccc(C=CC(=O)O)cc1)c1ccc2[nH]ncc2c1)c1ccc(F)cc1Cl. The number of aliphatic carboxylic acids is 1. The molecular formula is C26H20ClFN2O2. The number of carboxylic acid groups (broad SMARTS) is 1. The number of aromatic amines is 1. The van der Waals surface area contributed by atoms with Gasteiger partial charge in [-0.25, -0.2) is 9.18 Å². The van der Waals surface area contributed by atoms with Gasteiger partial charge in [0.15, 0.2) is 0 Å². The molecule has 0 amide bonds. The largest absolute Gasteiger partial charge is 0.478 e. The van der Waals surface area contributed by atoms with Crippen LogP contribution >= 0.6 is 11.6 Å². The summed E-state index contributed by atoms with van der Waals surface area (Å²) >= 11 is 6.44. The van der Waals surface area contributed by atoms with Crippen LogP contribution in [0, 0.1) is 5.82 Å². The summed E-state index contributed by atoms with van der Waals surface area (Å²) < 4.78 is 13.7. The van der Waals surface area contributed by atoms with E-state index in [9.17, 15) is 9.18 Å². The van der Waals surface area contributed by atoms with Crippen LogP contribution in [0.15, 0.2) is 72.9 Å². The van der Waals surface area contributed by atoms with Gasteiger partial charge in [0.25, 0.3) is 0 Å². The third-order valence-electron chi connectivity index (χ3n) is 5.26. The van der Waals surface area contributed by atoms with Gasteiger partial charge in [-0.05, 0) is 70.2 Å². The smallest absolute Gasteiger partial charge is 0.328 e. The number of nitrogens with one attached hydrogen (secondary N) is 1. The summed E-state index contributed by atoms with van der Waals surface area (Å²) in [5.41, 5.74) is 6.35. The molecule has 2 N–H and O–H groups in total. The molecule has 0 aliphatic carbocycles. The Morgan fingerprint density at radius 1 is 1.09 bits per heavy atom. The van der Waals surface area contributed by atoms with Crippen LogP contribution in [0.4, 0.5) is 4.39 Å². The zero-order valence-corrected chi connectivity index (χ0v) is 18.0. The van der Waals surface area contributed by atoms with Gasteiger partial charge in [-0.2, -0.15) is 5.10 Å². The van der Waals surface area contributed by atoms with Gasteiger partial charge in [0.05, 0.1) is 16.7 Å². The van der Waals surface area contributed by atoms with Crippen LogP contribution in [0.5, 0.6) is 0 Å². The van der Waals surface area contributed by atoms with E-state index in [1.165, 1.54) is 12.1 Å². The van der Waals surface area contributed by atoms with E-state index in [-0.39, 0.29) is 5.82 Å². The van der Waals surface area contributed by atoms with Crippen molar-refractivity contribution < 1.29 is 14.3 Å². The Morgan fingerprint density at radius 3 is 2.53 bits per heavy atom. The maximum atomic E-state index is 13.7. The van der Waals surface area contributed by atoms with Crippen molar-refractivity contribution in [2.24, 2.45) is 0 Å². The highest BCUT2D eigenvalue weighted by Gasteiger charge is 2.16. The number of hydrogen-bond donors (Lipinski definition) is 2. The fourth-order valence-corrected chi connectivity index (χ4v) is 4.06. The Kier molecular flexibility index (Phi) is 6.19. The number of hydrogen-bond acceptors (Lipinski definition) is 2. The van der Waals surface area contributed by atoms with E-state index in [0.29, 0.717) is 11.4 Å². The molecule has 4 aromatic rings. The van der Waals surface area contributed by atoms with Gasteiger partial charge in [-0.15, -0.1) is 0 Å². The Bertz CT molecular complexity index is 1350. The standard InChI is InChI=1S/C26H20ClFN2O2/c1-2-21(22-10-9-20(28)14-23(22)27)26(18-8-11-24-19(13-18)15-29-30-24)17-6-3-16(4-7-17)5-12-25(31)32/h3-15H,2H2,1H3,(H,29,30)(H,31,32)/b12-5?,26-21+. The van der Waals surface area contributed by atoms with Crippen LogP contribution in [-0.4, -0.2) is 21.3 Å². The highest BCUT2D eigenvalue weighted by molar-refractivity contribution is 6.32. The monoisotopic (exact) mass is 446 g/mol. The second-order valence-corrected chi connectivity index (χ2v) is 7.70. The number of rotatable bonds is 6. The highest BCUT2D eigenvalue weighted by Crippen LogP contribution is 2.38. The molecule has 0 bridgehead atoms. The number of halogens is 2. The number of allylic oxidation sites excluding steroid dienone is 1. The lowest BCUT2D eigenvalue weighted by Gasteiger charge is -2.17. The second-order valence-electron chi connectivity index (χ2n) is 7.30. The van der Waals surface area contributed by atoms with Crippen molar-refractivity contribution in [3.63, 3.8) is 0 Å². The van der Waals surface area contributed by atoms with E-state index in [1.54, 1.807) is 18.3 Å². The quantitative estimate of drug-likeness (QED) is 0.252. The average molecular weight is 447 g/mol. The topological polar surface area (TPSA) is 66.0 Å². The predicted octanol–water partition coefficient (Wildman–Crippen LogP) is 6.82. The van der Waals surface area contributed by atoms with E-state index in [1.807, 2.05) is 43.3 Å². The van der Waals surface area contributed by atoms with Gasteiger partial charge >= 0.3 is 5.97 Å². The molecule has 4 rings (SSSR count). The summed E-state index contributed by atoms with van der Waals surface area (Å²) in [6.07, 6.45) is 5.09. The first kappa shape index (κ1) is 21.5. The number of carboxylic acids is 1. The van der Waals surface area contributed by atoms with Gasteiger partial charge < -0.3 is 5.11 Å². The Morgan fingerprint density at radius 2 is 1.84 bits per heavy atom. The molecule has 0 atom stereocenters. The molecule has 6 heteroatoms. The van der Waals surface area contributed by atoms with E-state index < -0.39 is 5.97 Å². The first-order chi connectivity index (χ1) is 15.5. The lowest BCUT2D eigenvalue weighted by Crippen LogP contribution is -1.96. The summed E-state index contributed by atoms with van der Waals surface area (Å²) in [7, 11) is 0. The fraction of sp³-hybridized carbons (Fsp3) is 0.0769. The molecule has 1 heterocycles. The minimum Gasteiger partial charge on any atom is -0.478 e. The van der Waals surface area contributed by atoms with Crippen LogP contribution in [0.25, 0.3) is 28.1 Å². The van der Waals surface area contributed by atoms with E-state index in [4.69, 9.17) is 16.7 Å². The van der Waals surface area contributed by atoms with Crippen LogP contribution < -0.4 is 0 Å². The van der Waals surface area contributed by atoms with Gasteiger partial charge in [0, 0.05) is 11.5 Å². The fourth-order valence-electron chi connectivity index (χ4n) is 3.78. The lowest BCUT2D eigenvalue weighted by atomic mass is 9.87. The Labute approximate surface area is 189 Å². The zero-order chi connectivity index (χ0) is 22.7. The number of H-pyrrole nitrogens is 1. The summed E-state index contributed by atoms with van der Waals surface area (Å²) in [5, 5.41) is 17.3. The first-order valence-electron chi connectivity index (χ1n) is 10.1. The Hall–Kier alpha value is -3.70. The molecule has 3 aromatic carbocycles.